The van der Waals surface area contributed by atoms with Gasteiger partial charge in [-0.15, -0.1) is 0 Å². The number of primary amides is 1. The van der Waals surface area contributed by atoms with E-state index in [1.807, 2.05) is 0 Å². The molecule has 0 saturated heterocycles. The summed E-state index contributed by atoms with van der Waals surface area (Å²) in [5.41, 5.74) is 5.89. The third-order valence-corrected chi connectivity index (χ3v) is 2.67. The van der Waals surface area contributed by atoms with E-state index >= 15 is 0 Å². The van der Waals surface area contributed by atoms with Crippen LogP contribution in [0.1, 0.15) is 25.0 Å². The van der Waals surface area contributed by atoms with E-state index < -0.39 is 18.2 Å². The van der Waals surface area contributed by atoms with Gasteiger partial charge in [0.2, 0.25) is 5.91 Å². The number of urea groups is 1. The highest BCUT2D eigenvalue weighted by molar-refractivity contribution is 5.87. The average Bonchev–Trinajstić information content (AvgIpc) is 2.36. The number of carbonyl (C=O) groups is 2. The van der Waals surface area contributed by atoms with Crippen LogP contribution in [-0.2, 0) is 4.79 Å². The molecule has 1 aromatic carbocycles. The molecular formula is C13H19N3O4. The quantitative estimate of drug-likeness (QED) is 0.507. The molecule has 20 heavy (non-hydrogen) atoms. The zero-order valence-corrected chi connectivity index (χ0v) is 11.2. The van der Waals surface area contributed by atoms with Gasteiger partial charge in [0.05, 0.1) is 6.10 Å². The Hall–Kier alpha value is -2.12. The maximum absolute atomic E-state index is 10.7. The Bertz CT molecular complexity index is 478. The number of hydrogen-bond donors (Lipinski definition) is 5. The van der Waals surface area contributed by atoms with Gasteiger partial charge in [0, 0.05) is 19.2 Å². The van der Waals surface area contributed by atoms with Gasteiger partial charge in [-0.05, 0) is 24.1 Å². The van der Waals surface area contributed by atoms with Crippen LogP contribution in [0.2, 0.25) is 0 Å². The van der Waals surface area contributed by atoms with E-state index in [-0.39, 0.29) is 18.9 Å². The Labute approximate surface area is 116 Å². The predicted molar refractivity (Wildman–Crippen MR) is 73.9 cm³/mol. The smallest absolute Gasteiger partial charge is 0.316 e. The summed E-state index contributed by atoms with van der Waals surface area (Å²) in [4.78, 5) is 21.5. The van der Waals surface area contributed by atoms with Crippen molar-refractivity contribution >= 4 is 17.6 Å². The number of aliphatic hydroxyl groups excluding tert-OH is 2. The van der Waals surface area contributed by atoms with Crippen molar-refractivity contribution in [3.05, 3.63) is 29.8 Å². The van der Waals surface area contributed by atoms with Crippen molar-refractivity contribution in [1.82, 2.24) is 5.32 Å². The van der Waals surface area contributed by atoms with Crippen molar-refractivity contribution in [2.24, 2.45) is 5.73 Å². The van der Waals surface area contributed by atoms with Crippen LogP contribution in [0.15, 0.2) is 24.3 Å². The van der Waals surface area contributed by atoms with Crippen LogP contribution in [0, 0.1) is 0 Å². The first-order valence-corrected chi connectivity index (χ1v) is 6.17. The van der Waals surface area contributed by atoms with Gasteiger partial charge < -0.3 is 26.6 Å². The van der Waals surface area contributed by atoms with Crippen LogP contribution in [0.5, 0.6) is 0 Å². The second-order valence-electron chi connectivity index (χ2n) is 4.40. The van der Waals surface area contributed by atoms with E-state index in [0.717, 1.165) is 0 Å². The van der Waals surface area contributed by atoms with Crippen LogP contribution < -0.4 is 16.4 Å². The molecule has 110 valence electrons. The summed E-state index contributed by atoms with van der Waals surface area (Å²) in [6.45, 7) is 1.65. The minimum Gasteiger partial charge on any atom is -0.390 e. The molecule has 6 N–H and O–H groups in total. The van der Waals surface area contributed by atoms with Gasteiger partial charge in [-0.2, -0.15) is 0 Å². The molecule has 0 spiro atoms. The number of aliphatic hydroxyl groups is 2. The highest BCUT2D eigenvalue weighted by Gasteiger charge is 2.18. The van der Waals surface area contributed by atoms with Crippen LogP contribution in [-0.4, -0.2) is 34.8 Å². The summed E-state index contributed by atoms with van der Waals surface area (Å²) in [5.74, 6) is -0.195. The molecule has 2 unspecified atom stereocenters. The van der Waals surface area contributed by atoms with E-state index in [4.69, 9.17) is 5.73 Å². The van der Waals surface area contributed by atoms with Gasteiger partial charge in [0.25, 0.3) is 0 Å². The van der Waals surface area contributed by atoms with Crippen molar-refractivity contribution in [3.63, 3.8) is 0 Å². The minimum atomic E-state index is -1.11. The molecule has 7 nitrogen and oxygen atoms in total. The Kier molecular flexibility index (Phi) is 5.95. The summed E-state index contributed by atoms with van der Waals surface area (Å²) in [7, 11) is 0. The predicted octanol–water partition coefficient (Wildman–Crippen LogP) is 0.0977. The second kappa shape index (κ2) is 7.46. The number of benzene rings is 1. The molecule has 0 aliphatic heterocycles. The summed E-state index contributed by atoms with van der Waals surface area (Å²) >= 11 is 0. The zero-order chi connectivity index (χ0) is 15.1. The lowest BCUT2D eigenvalue weighted by Gasteiger charge is -2.19. The lowest BCUT2D eigenvalue weighted by Crippen LogP contribution is -2.27. The Morgan fingerprint density at radius 1 is 1.35 bits per heavy atom. The third-order valence-electron chi connectivity index (χ3n) is 2.67. The van der Waals surface area contributed by atoms with Gasteiger partial charge in [-0.3, -0.25) is 4.79 Å². The fourth-order valence-electron chi connectivity index (χ4n) is 1.72. The lowest BCUT2D eigenvalue weighted by molar-refractivity contribution is -0.119. The van der Waals surface area contributed by atoms with Gasteiger partial charge in [-0.25, -0.2) is 4.79 Å². The van der Waals surface area contributed by atoms with Crippen LogP contribution in [0.4, 0.5) is 10.5 Å². The number of carbonyl (C=O) groups excluding carboxylic acids is 2. The highest BCUT2D eigenvalue weighted by Crippen LogP contribution is 2.21. The van der Waals surface area contributed by atoms with Gasteiger partial charge >= 0.3 is 6.03 Å². The second-order valence-corrected chi connectivity index (χ2v) is 4.40. The monoisotopic (exact) mass is 281 g/mol. The number of nitrogens with two attached hydrogens (primary N) is 1. The van der Waals surface area contributed by atoms with E-state index in [0.29, 0.717) is 11.3 Å². The van der Waals surface area contributed by atoms with Gasteiger partial charge in [0.15, 0.2) is 0 Å². The molecule has 0 saturated carbocycles. The number of amides is 3. The van der Waals surface area contributed by atoms with Crippen LogP contribution >= 0.6 is 0 Å². The summed E-state index contributed by atoms with van der Waals surface area (Å²) in [5, 5.41) is 24.8. The van der Waals surface area contributed by atoms with Crippen LogP contribution in [0.3, 0.4) is 0 Å². The molecule has 0 fully saturated rings. The van der Waals surface area contributed by atoms with E-state index in [9.17, 15) is 19.8 Å². The minimum absolute atomic E-state index is 0.195. The third kappa shape index (κ3) is 5.25. The normalized spacial score (nSPS) is 13.3. The molecule has 0 heterocycles. The topological polar surface area (TPSA) is 125 Å². The molecule has 7 heteroatoms. The Balaban J connectivity index is 2.63. The Morgan fingerprint density at radius 3 is 2.65 bits per heavy atom. The molecule has 0 aromatic heterocycles. The maximum Gasteiger partial charge on any atom is 0.316 e. The number of rotatable bonds is 6. The van der Waals surface area contributed by atoms with Crippen molar-refractivity contribution < 1.29 is 19.8 Å². The molecule has 3 amide bonds. The summed E-state index contributed by atoms with van der Waals surface area (Å²) in [6.07, 6.45) is -1.92. The number of anilines is 1. The summed E-state index contributed by atoms with van der Waals surface area (Å²) in [6, 6.07) is 5.69. The van der Waals surface area contributed by atoms with E-state index in [1.165, 1.54) is 13.0 Å². The van der Waals surface area contributed by atoms with Gasteiger partial charge in [0.1, 0.15) is 6.10 Å². The first kappa shape index (κ1) is 15.9. The molecule has 2 atom stereocenters. The molecule has 1 aromatic rings. The fraction of sp³-hybridized carbons (Fsp3) is 0.385. The number of nitrogens with one attached hydrogen (secondary N) is 2. The first-order chi connectivity index (χ1) is 9.40. The van der Waals surface area contributed by atoms with E-state index in [2.05, 4.69) is 10.6 Å². The van der Waals surface area contributed by atoms with Crippen molar-refractivity contribution in [2.75, 3.05) is 11.9 Å². The molecule has 0 aliphatic carbocycles. The first-order valence-electron chi connectivity index (χ1n) is 6.17. The molecule has 1 rings (SSSR count). The summed E-state index contributed by atoms with van der Waals surface area (Å²) < 4.78 is 0. The van der Waals surface area contributed by atoms with Crippen molar-refractivity contribution in [2.45, 2.75) is 25.6 Å². The van der Waals surface area contributed by atoms with Crippen molar-refractivity contribution in [1.29, 1.82) is 0 Å². The molecular weight excluding hydrogens is 262 g/mol. The highest BCUT2D eigenvalue weighted by atomic mass is 16.3. The van der Waals surface area contributed by atoms with E-state index in [1.54, 1.807) is 18.2 Å². The fourth-order valence-corrected chi connectivity index (χ4v) is 1.72. The average molecular weight is 281 g/mol. The van der Waals surface area contributed by atoms with Gasteiger partial charge in [-0.1, -0.05) is 12.1 Å². The molecule has 0 radical (unpaired) electrons. The maximum atomic E-state index is 10.7. The zero-order valence-electron chi connectivity index (χ0n) is 11.2. The molecule has 0 bridgehead atoms. The Morgan fingerprint density at radius 2 is 2.05 bits per heavy atom. The van der Waals surface area contributed by atoms with Crippen LogP contribution in [0.25, 0.3) is 0 Å². The van der Waals surface area contributed by atoms with Crippen molar-refractivity contribution in [3.8, 4) is 0 Å². The standard InChI is InChI=1S/C13H19N3O4/c1-8(17)15-6-5-11(18)12(19)9-3-2-4-10(7-9)16-13(14)20/h2-4,7,11-12,18-19H,5-6H2,1H3,(H,15,17)(H3,14,16,20). The largest absolute Gasteiger partial charge is 0.390 e. The lowest BCUT2D eigenvalue weighted by atomic mass is 10.0. The number of hydrogen-bond acceptors (Lipinski definition) is 4. The molecule has 0 aliphatic rings. The SMILES string of the molecule is CC(=O)NCCC(O)C(O)c1cccc(NC(N)=O)c1.